The molecule has 0 radical (unpaired) electrons. The lowest BCUT2D eigenvalue weighted by Crippen LogP contribution is -2.21. The summed E-state index contributed by atoms with van der Waals surface area (Å²) in [5.74, 6) is -6.78. The van der Waals surface area contributed by atoms with Gasteiger partial charge in [0.25, 0.3) is 0 Å². The summed E-state index contributed by atoms with van der Waals surface area (Å²) < 4.78 is 85.8. The van der Waals surface area contributed by atoms with Crippen LogP contribution in [0.1, 0.15) is 24.5 Å². The van der Waals surface area contributed by atoms with E-state index >= 15 is 0 Å². The third kappa shape index (κ3) is 5.69. The van der Waals surface area contributed by atoms with E-state index < -0.39 is 35.1 Å². The molecule has 31 heavy (non-hydrogen) atoms. The summed E-state index contributed by atoms with van der Waals surface area (Å²) in [6.45, 7) is 2.07. The van der Waals surface area contributed by atoms with Gasteiger partial charge in [0.05, 0.1) is 0 Å². The van der Waals surface area contributed by atoms with Crippen molar-refractivity contribution in [2.24, 2.45) is 0 Å². The highest BCUT2D eigenvalue weighted by molar-refractivity contribution is 5.66. The minimum absolute atomic E-state index is 0.133. The number of alkyl halides is 2. The molecule has 3 aromatic rings. The van der Waals surface area contributed by atoms with Gasteiger partial charge < -0.3 is 4.74 Å². The van der Waals surface area contributed by atoms with E-state index in [4.69, 9.17) is 0 Å². The molecule has 0 N–H and O–H groups in total. The maximum absolute atomic E-state index is 14.4. The van der Waals surface area contributed by atoms with Gasteiger partial charge in [-0.1, -0.05) is 49.7 Å². The molecule has 0 atom stereocenters. The van der Waals surface area contributed by atoms with Crippen LogP contribution in [0.15, 0.2) is 60.7 Å². The quantitative estimate of drug-likeness (QED) is 0.275. The van der Waals surface area contributed by atoms with E-state index in [1.165, 1.54) is 12.1 Å². The van der Waals surface area contributed by atoms with Crippen molar-refractivity contribution < 1.29 is 31.1 Å². The summed E-state index contributed by atoms with van der Waals surface area (Å²) in [6, 6.07) is 12.3. The highest BCUT2D eigenvalue weighted by Crippen LogP contribution is 2.28. The molecule has 0 spiro atoms. The summed E-state index contributed by atoms with van der Waals surface area (Å²) in [5.41, 5.74) is 2.39. The molecule has 0 heterocycles. The number of halogens is 6. The third-order valence-corrected chi connectivity index (χ3v) is 4.49. The summed E-state index contributed by atoms with van der Waals surface area (Å²) in [4.78, 5) is 0. The van der Waals surface area contributed by atoms with Crippen molar-refractivity contribution in [1.82, 2.24) is 0 Å². The van der Waals surface area contributed by atoms with Crippen LogP contribution in [0, 0.1) is 23.3 Å². The molecule has 0 saturated carbocycles. The fourth-order valence-electron chi connectivity index (χ4n) is 2.96. The second-order valence-electron chi connectivity index (χ2n) is 6.88. The predicted molar refractivity (Wildman–Crippen MR) is 107 cm³/mol. The zero-order chi connectivity index (χ0) is 22.6. The highest BCUT2D eigenvalue weighted by Gasteiger charge is 2.29. The van der Waals surface area contributed by atoms with E-state index in [1.807, 2.05) is 24.3 Å². The van der Waals surface area contributed by atoms with Crippen molar-refractivity contribution in [3.63, 3.8) is 0 Å². The fourth-order valence-corrected chi connectivity index (χ4v) is 2.96. The van der Waals surface area contributed by atoms with Crippen molar-refractivity contribution >= 4 is 6.08 Å². The second kappa shape index (κ2) is 9.29. The Bertz CT molecular complexity index is 1070. The van der Waals surface area contributed by atoms with Gasteiger partial charge in [-0.05, 0) is 35.3 Å². The summed E-state index contributed by atoms with van der Waals surface area (Å²) in [7, 11) is 0. The molecule has 3 rings (SSSR count). The maximum atomic E-state index is 14.4. The van der Waals surface area contributed by atoms with Gasteiger partial charge in [0.2, 0.25) is 0 Å². The van der Waals surface area contributed by atoms with Gasteiger partial charge in [-0.25, -0.2) is 17.6 Å². The van der Waals surface area contributed by atoms with Gasteiger partial charge >= 0.3 is 6.11 Å². The zero-order valence-corrected chi connectivity index (χ0v) is 16.4. The van der Waals surface area contributed by atoms with Crippen LogP contribution in [-0.4, -0.2) is 6.11 Å². The lowest BCUT2D eigenvalue weighted by Gasteiger charge is -2.14. The van der Waals surface area contributed by atoms with E-state index in [2.05, 4.69) is 11.7 Å². The third-order valence-electron chi connectivity index (χ3n) is 4.49. The molecule has 0 saturated heterocycles. The predicted octanol–water partition coefficient (Wildman–Crippen LogP) is 7.55. The smallest absolute Gasteiger partial charge is 0.419 e. The minimum Gasteiger partial charge on any atom is -0.429 e. The molecule has 0 aliphatic heterocycles. The van der Waals surface area contributed by atoms with Crippen molar-refractivity contribution in [2.75, 3.05) is 0 Å². The van der Waals surface area contributed by atoms with Gasteiger partial charge in [-0.15, -0.1) is 0 Å². The number of ether oxygens (including phenoxy) is 1. The summed E-state index contributed by atoms with van der Waals surface area (Å²) >= 11 is 0. The van der Waals surface area contributed by atoms with Crippen LogP contribution >= 0.6 is 0 Å². The topological polar surface area (TPSA) is 9.23 Å². The normalized spacial score (nSPS) is 11.8. The molecule has 7 heteroatoms. The monoisotopic (exact) mass is 436 g/mol. The Morgan fingerprint density at radius 1 is 0.806 bits per heavy atom. The average Bonchev–Trinajstić information content (AvgIpc) is 2.71. The first kappa shape index (κ1) is 22.5. The number of hydrogen-bond acceptors (Lipinski definition) is 1. The molecular formula is C24H18F6O. The Balaban J connectivity index is 1.75. The molecule has 162 valence electrons. The first-order valence-electron chi connectivity index (χ1n) is 9.48. The molecule has 3 aromatic carbocycles. The Morgan fingerprint density at radius 2 is 1.42 bits per heavy atom. The molecule has 0 aromatic heterocycles. The Labute approximate surface area is 175 Å². The second-order valence-corrected chi connectivity index (χ2v) is 6.88. The van der Waals surface area contributed by atoms with Crippen LogP contribution in [0.4, 0.5) is 26.3 Å². The summed E-state index contributed by atoms with van der Waals surface area (Å²) in [6.07, 6.45) is -1.04. The van der Waals surface area contributed by atoms with Crippen LogP contribution in [0.2, 0.25) is 0 Å². The van der Waals surface area contributed by atoms with E-state index in [-0.39, 0.29) is 11.6 Å². The van der Waals surface area contributed by atoms with Gasteiger partial charge in [0, 0.05) is 23.8 Å². The van der Waals surface area contributed by atoms with Crippen LogP contribution in [0.5, 0.6) is 5.75 Å². The number of rotatable bonds is 7. The minimum atomic E-state index is -4.02. The molecule has 0 fully saturated rings. The molecule has 0 aliphatic carbocycles. The summed E-state index contributed by atoms with van der Waals surface area (Å²) in [5, 5.41) is 0. The highest BCUT2D eigenvalue weighted by atomic mass is 19.3. The molecule has 0 unspecified atom stereocenters. The first-order chi connectivity index (χ1) is 14.7. The molecule has 1 nitrogen and oxygen atoms in total. The van der Waals surface area contributed by atoms with E-state index in [9.17, 15) is 26.3 Å². The fraction of sp³-hybridized carbons (Fsp3) is 0.167. The van der Waals surface area contributed by atoms with Crippen molar-refractivity contribution in [3.8, 4) is 16.9 Å². The zero-order valence-electron chi connectivity index (χ0n) is 16.4. The number of benzene rings is 3. The van der Waals surface area contributed by atoms with Crippen molar-refractivity contribution in [1.29, 1.82) is 0 Å². The standard InChI is InChI=1S/C24H18F6O/c1-2-3-15-4-6-16(7-5-15)18-9-8-17(20(25)12-18)10-11-24(29,30)31-19-13-21(26)23(28)22(27)14-19/h4-14H,2-3H2,1H3. The number of aryl methyl sites for hydroxylation is 1. The number of hydrogen-bond donors (Lipinski definition) is 0. The van der Waals surface area contributed by atoms with Gasteiger partial charge in [0.1, 0.15) is 11.6 Å². The van der Waals surface area contributed by atoms with Crippen LogP contribution < -0.4 is 4.74 Å². The van der Waals surface area contributed by atoms with E-state index in [1.54, 1.807) is 6.07 Å². The Hall–Kier alpha value is -3.22. The lowest BCUT2D eigenvalue weighted by molar-refractivity contribution is -0.131. The lowest BCUT2D eigenvalue weighted by atomic mass is 10.0. The van der Waals surface area contributed by atoms with Crippen molar-refractivity contribution in [3.05, 3.63) is 95.1 Å². The van der Waals surface area contributed by atoms with Crippen LogP contribution in [-0.2, 0) is 6.42 Å². The molecular weight excluding hydrogens is 418 g/mol. The molecule has 0 amide bonds. The maximum Gasteiger partial charge on any atom is 0.419 e. The first-order valence-corrected chi connectivity index (χ1v) is 9.48. The average molecular weight is 436 g/mol. The van der Waals surface area contributed by atoms with Gasteiger partial charge in [-0.2, -0.15) is 8.78 Å². The van der Waals surface area contributed by atoms with E-state index in [0.29, 0.717) is 17.7 Å². The van der Waals surface area contributed by atoms with Crippen molar-refractivity contribution in [2.45, 2.75) is 25.9 Å². The Kier molecular flexibility index (Phi) is 6.73. The van der Waals surface area contributed by atoms with Crippen LogP contribution in [0.25, 0.3) is 17.2 Å². The Morgan fingerprint density at radius 3 is 2.00 bits per heavy atom. The van der Waals surface area contributed by atoms with Gasteiger partial charge in [0.15, 0.2) is 17.5 Å². The molecule has 0 bridgehead atoms. The van der Waals surface area contributed by atoms with Crippen LogP contribution in [0.3, 0.4) is 0 Å². The van der Waals surface area contributed by atoms with Gasteiger partial charge in [-0.3, -0.25) is 0 Å². The largest absolute Gasteiger partial charge is 0.429 e. The molecule has 0 aliphatic rings. The van der Waals surface area contributed by atoms with E-state index in [0.717, 1.165) is 30.0 Å². The SMILES string of the molecule is CCCc1ccc(-c2ccc(C=CC(F)(F)Oc3cc(F)c(F)c(F)c3)c(F)c2)cc1.